The summed E-state index contributed by atoms with van der Waals surface area (Å²) in [6.07, 6.45) is 1.53. The first-order valence-corrected chi connectivity index (χ1v) is 5.65. The number of nitrogen functional groups attached to an aromatic ring is 1. The molecule has 0 unspecified atom stereocenters. The highest BCUT2D eigenvalue weighted by atomic mass is 19.1. The predicted molar refractivity (Wildman–Crippen MR) is 67.7 cm³/mol. The van der Waals surface area contributed by atoms with Gasteiger partial charge >= 0.3 is 0 Å². The molecular weight excluding hydrogens is 249 g/mol. The number of benzene rings is 1. The van der Waals surface area contributed by atoms with Crippen LogP contribution in [0.15, 0.2) is 18.5 Å². The molecule has 2 aromatic rings. The molecule has 100 valence electrons. The molecule has 2 rings (SSSR count). The van der Waals surface area contributed by atoms with Crippen molar-refractivity contribution in [2.45, 2.75) is 13.5 Å². The number of rotatable bonds is 3. The Labute approximate surface area is 109 Å². The van der Waals surface area contributed by atoms with E-state index in [4.69, 9.17) is 5.73 Å². The first kappa shape index (κ1) is 13.0. The number of anilines is 1. The van der Waals surface area contributed by atoms with Gasteiger partial charge in [-0.2, -0.15) is 5.10 Å². The Morgan fingerprint density at radius 1 is 1.53 bits per heavy atom. The summed E-state index contributed by atoms with van der Waals surface area (Å²) in [4.78, 5) is 15.8. The summed E-state index contributed by atoms with van der Waals surface area (Å²) in [6, 6.07) is 2.60. The molecule has 0 aliphatic rings. The number of amides is 1. The van der Waals surface area contributed by atoms with Gasteiger partial charge in [-0.05, 0) is 19.1 Å². The van der Waals surface area contributed by atoms with Gasteiger partial charge in [-0.25, -0.2) is 9.37 Å². The van der Waals surface area contributed by atoms with Gasteiger partial charge in [-0.15, -0.1) is 0 Å². The fourth-order valence-electron chi connectivity index (χ4n) is 1.56. The molecule has 0 aliphatic carbocycles. The summed E-state index contributed by atoms with van der Waals surface area (Å²) in [5.41, 5.74) is 6.39. The lowest BCUT2D eigenvalue weighted by Gasteiger charge is -2.07. The Morgan fingerprint density at radius 3 is 2.84 bits per heavy atom. The number of hydrogen-bond acceptors (Lipinski definition) is 4. The summed E-state index contributed by atoms with van der Waals surface area (Å²) in [5.74, 6) is -0.435. The second-order valence-electron chi connectivity index (χ2n) is 4.19. The van der Waals surface area contributed by atoms with Gasteiger partial charge in [-0.1, -0.05) is 0 Å². The van der Waals surface area contributed by atoms with Gasteiger partial charge < -0.3 is 11.1 Å². The van der Waals surface area contributed by atoms with E-state index in [0.717, 1.165) is 6.07 Å². The molecule has 0 bridgehead atoms. The molecule has 0 saturated carbocycles. The second-order valence-corrected chi connectivity index (χ2v) is 4.19. The van der Waals surface area contributed by atoms with E-state index >= 15 is 0 Å². The summed E-state index contributed by atoms with van der Waals surface area (Å²) < 4.78 is 15.0. The van der Waals surface area contributed by atoms with E-state index in [1.807, 2.05) is 0 Å². The van der Waals surface area contributed by atoms with Crippen molar-refractivity contribution in [1.29, 1.82) is 0 Å². The molecule has 6 nitrogen and oxygen atoms in total. The number of carbonyl (C=O) groups excluding carboxylic acids is 1. The van der Waals surface area contributed by atoms with E-state index in [2.05, 4.69) is 15.4 Å². The number of carbonyl (C=O) groups is 1. The number of aromatic nitrogens is 3. The highest BCUT2D eigenvalue weighted by molar-refractivity contribution is 5.95. The number of halogens is 1. The first-order valence-electron chi connectivity index (χ1n) is 5.65. The van der Waals surface area contributed by atoms with Crippen LogP contribution in [0.5, 0.6) is 0 Å². The van der Waals surface area contributed by atoms with Crippen molar-refractivity contribution in [2.24, 2.45) is 7.05 Å². The van der Waals surface area contributed by atoms with Crippen molar-refractivity contribution in [3.05, 3.63) is 41.2 Å². The van der Waals surface area contributed by atoms with E-state index in [1.54, 1.807) is 14.0 Å². The lowest BCUT2D eigenvalue weighted by atomic mass is 10.1. The molecule has 1 amide bonds. The van der Waals surface area contributed by atoms with Gasteiger partial charge in [-0.3, -0.25) is 9.48 Å². The summed E-state index contributed by atoms with van der Waals surface area (Å²) in [7, 11) is 1.73. The largest absolute Gasteiger partial charge is 0.398 e. The average Bonchev–Trinajstić information content (AvgIpc) is 2.78. The van der Waals surface area contributed by atoms with Crippen molar-refractivity contribution >= 4 is 11.6 Å². The van der Waals surface area contributed by atoms with Crippen molar-refractivity contribution in [3.63, 3.8) is 0 Å². The maximum Gasteiger partial charge on any atom is 0.251 e. The summed E-state index contributed by atoms with van der Waals surface area (Å²) in [5, 5.41) is 6.62. The zero-order chi connectivity index (χ0) is 14.0. The molecule has 0 fully saturated rings. The molecule has 1 aromatic carbocycles. The minimum Gasteiger partial charge on any atom is -0.398 e. The van der Waals surface area contributed by atoms with E-state index < -0.39 is 11.7 Å². The molecule has 0 aliphatic heterocycles. The van der Waals surface area contributed by atoms with Crippen LogP contribution in [-0.2, 0) is 13.6 Å². The van der Waals surface area contributed by atoms with Gasteiger partial charge in [0.1, 0.15) is 12.1 Å². The molecule has 19 heavy (non-hydrogen) atoms. The summed E-state index contributed by atoms with van der Waals surface area (Å²) >= 11 is 0. The minimum atomic E-state index is -0.499. The van der Waals surface area contributed by atoms with E-state index in [0.29, 0.717) is 11.4 Å². The maximum atomic E-state index is 13.5. The van der Waals surface area contributed by atoms with Gasteiger partial charge in [0, 0.05) is 23.9 Å². The quantitative estimate of drug-likeness (QED) is 0.801. The lowest BCUT2D eigenvalue weighted by molar-refractivity contribution is 0.0949. The first-order chi connectivity index (χ1) is 8.97. The number of hydrogen-bond donors (Lipinski definition) is 2. The molecule has 0 radical (unpaired) electrons. The fourth-order valence-corrected chi connectivity index (χ4v) is 1.56. The molecule has 7 heteroatoms. The summed E-state index contributed by atoms with van der Waals surface area (Å²) in [6.45, 7) is 1.74. The predicted octanol–water partition coefficient (Wildman–Crippen LogP) is 0.775. The Balaban J connectivity index is 2.08. The van der Waals surface area contributed by atoms with Gasteiger partial charge in [0.25, 0.3) is 5.91 Å². The van der Waals surface area contributed by atoms with Crippen LogP contribution >= 0.6 is 0 Å². The van der Waals surface area contributed by atoms with Crippen LogP contribution in [0.25, 0.3) is 0 Å². The average molecular weight is 263 g/mol. The fraction of sp³-hybridized carbons (Fsp3) is 0.250. The van der Waals surface area contributed by atoms with E-state index in [-0.39, 0.29) is 17.8 Å². The Morgan fingerprint density at radius 2 is 2.26 bits per heavy atom. The molecule has 0 saturated heterocycles. The van der Waals surface area contributed by atoms with Gasteiger partial charge in [0.2, 0.25) is 0 Å². The van der Waals surface area contributed by atoms with Crippen LogP contribution in [0, 0.1) is 12.7 Å². The van der Waals surface area contributed by atoms with Crippen molar-refractivity contribution in [2.75, 3.05) is 5.73 Å². The normalized spacial score (nSPS) is 10.5. The molecule has 0 atom stereocenters. The van der Waals surface area contributed by atoms with Gasteiger partial charge in [0.15, 0.2) is 5.82 Å². The van der Waals surface area contributed by atoms with Crippen molar-refractivity contribution in [1.82, 2.24) is 20.1 Å². The van der Waals surface area contributed by atoms with Crippen LogP contribution in [0.4, 0.5) is 10.1 Å². The second kappa shape index (κ2) is 5.05. The van der Waals surface area contributed by atoms with E-state index in [9.17, 15) is 9.18 Å². The Bertz CT molecular complexity index is 599. The highest BCUT2D eigenvalue weighted by Gasteiger charge is 2.11. The van der Waals surface area contributed by atoms with Crippen LogP contribution in [-0.4, -0.2) is 20.7 Å². The minimum absolute atomic E-state index is 0.176. The third-order valence-corrected chi connectivity index (χ3v) is 2.70. The zero-order valence-electron chi connectivity index (χ0n) is 10.6. The third kappa shape index (κ3) is 2.87. The SMILES string of the molecule is Cc1c(N)cc(C(=O)NCc2ncn(C)n2)cc1F. The number of nitrogens with zero attached hydrogens (tertiary/aromatic N) is 3. The van der Waals surface area contributed by atoms with Crippen molar-refractivity contribution < 1.29 is 9.18 Å². The van der Waals surface area contributed by atoms with Crippen LogP contribution in [0.3, 0.4) is 0 Å². The molecule has 1 heterocycles. The number of nitrogens with two attached hydrogens (primary N) is 1. The number of aryl methyl sites for hydroxylation is 1. The lowest BCUT2D eigenvalue weighted by Crippen LogP contribution is -2.24. The van der Waals surface area contributed by atoms with Crippen LogP contribution in [0.2, 0.25) is 0 Å². The highest BCUT2D eigenvalue weighted by Crippen LogP contribution is 2.17. The van der Waals surface area contributed by atoms with E-state index in [1.165, 1.54) is 17.1 Å². The maximum absolute atomic E-state index is 13.5. The molecular formula is C12H14FN5O. The zero-order valence-corrected chi connectivity index (χ0v) is 10.6. The Hall–Kier alpha value is -2.44. The standard InChI is InChI=1S/C12H14FN5O/c1-7-9(13)3-8(4-10(7)14)12(19)15-5-11-16-6-18(2)17-11/h3-4,6H,5,14H2,1-2H3,(H,15,19). The molecule has 3 N–H and O–H groups in total. The van der Waals surface area contributed by atoms with Crippen molar-refractivity contribution in [3.8, 4) is 0 Å². The molecule has 1 aromatic heterocycles. The van der Waals surface area contributed by atoms with Crippen LogP contribution < -0.4 is 11.1 Å². The van der Waals surface area contributed by atoms with Gasteiger partial charge in [0.05, 0.1) is 6.54 Å². The smallest absolute Gasteiger partial charge is 0.251 e. The third-order valence-electron chi connectivity index (χ3n) is 2.70. The molecule has 0 spiro atoms. The topological polar surface area (TPSA) is 85.8 Å². The monoisotopic (exact) mass is 263 g/mol. The Kier molecular flexibility index (Phi) is 3.46. The number of nitrogens with one attached hydrogen (secondary N) is 1. The van der Waals surface area contributed by atoms with Crippen LogP contribution in [0.1, 0.15) is 21.7 Å².